The molecule has 10 heterocycles. The van der Waals surface area contributed by atoms with E-state index in [1.807, 2.05) is 34.6 Å². The van der Waals surface area contributed by atoms with Gasteiger partial charge in [0, 0.05) is 82.7 Å². The van der Waals surface area contributed by atoms with E-state index in [0.29, 0.717) is 172 Å². The summed E-state index contributed by atoms with van der Waals surface area (Å²) >= 11 is 10.0. The highest BCUT2D eigenvalue weighted by Gasteiger charge is 2.36. The maximum absolute atomic E-state index is 13.6. The van der Waals surface area contributed by atoms with Crippen LogP contribution in [0.3, 0.4) is 0 Å². The summed E-state index contributed by atoms with van der Waals surface area (Å²) in [5.41, 5.74) is 3.18. The van der Waals surface area contributed by atoms with Crippen molar-refractivity contribution in [2.75, 3.05) is 135 Å². The number of halogens is 6. The lowest BCUT2D eigenvalue weighted by molar-refractivity contribution is -0.143. The molecular weight excluding hydrogens is 2260 g/mol. The highest BCUT2D eigenvalue weighted by molar-refractivity contribution is 9.11. The molecule has 0 unspecified atom stereocenters. The number of imidazole rings is 5. The first-order valence-corrected chi connectivity index (χ1v) is 58.4. The molecule has 15 aromatic rings. The SMILES string of the molecule is CCOC(=O)Cn1c(=O)n([C@H](CS(C)(=O)=O)c2ccc(OC)c(OCC)c2)c2ncc(Br)cc21.CCOc1cc([C@@H](CS(C)(=O)=O)n2c(=O)[nH]c3cc(Br)cnc32)ccc1OC.CCOc1cc([C@@H](CS(C)(=O)=O)n2c(=O)[nH]c3cc(C(F)(F)F)cnc32)ccc1OC.CCOc1cc([C@@H](CS(C)(=O)=O)n2c(=O)[nH]c3cc(C)cnc32)ccc1OC.CCOc1cc([C@@H](CS(C)(=O)=O)n2c(=O)n(C)c3cc(Br)cnc32)ccc1OC. The molecule has 0 amide bonds. The standard InChI is InChI=1S/C22H26BrN3O7S.C19H22BrN3O5S.C19H20F3N3O5S.C19H23N3O5S.C18H20BrN3O5S/c1-5-32-19-9-14(7-8-18(19)31-3)17(13-34(4,29)30)26-21-16(10-15(23)11-24-21)25(22(26)28)12-20(27)33-6-2;1-5-28-17-8-12(6-7-16(17)27-3)15(11-29(4,25)26)23-18-14(22(2)19(23)24)9-13(20)10-21-18;1-4-30-16-7-11(5-6-15(16)29-2)14(10-31(3,27)28)25-17-13(24-18(25)26)8-12(9-23-17)19(20,21)22;1-5-27-17-9-13(6-7-16(17)26-3)15(11-28(4,24)25)22-18-14(21-19(22)23)8-12(2)10-20-18;1-4-27-16-7-11(5-6-15(16)26-2)14(10-28(3,24)25)22-17-13(21-18(22)23)8-12(19)9-20-17/h7-11,17H,5-6,12-13H2,1-4H3;6-10,15H,5,11H2,1-4H3;5-9,14H,4,10H2,1-3H3,(H,24,26);6-10,15H,5,11H2,1-4H3,(H,21,23);5-9,14H,4,10H2,1-3H3,(H,21,23)/t17-;15-;14-;15-;14-/m11111/s1. The van der Waals surface area contributed by atoms with Crippen molar-refractivity contribution in [3.63, 3.8) is 0 Å². The lowest BCUT2D eigenvalue weighted by atomic mass is 10.1. The Hall–Kier alpha value is -13.4. The maximum atomic E-state index is 13.6. The molecule has 3 N–H and O–H groups in total. The largest absolute Gasteiger partial charge is 0.493 e. The molecule has 5 atom stereocenters. The number of nitrogens with zero attached hydrogens (tertiary/aromatic N) is 12. The molecule has 5 aromatic carbocycles. The summed E-state index contributed by atoms with van der Waals surface area (Å²) in [4.78, 5) is 106. The first-order valence-electron chi connectivity index (χ1n) is 45.7. The molecule has 0 bridgehead atoms. The fraction of sp³-hybridized carbons (Fsp3) is 0.371. The van der Waals surface area contributed by atoms with E-state index < -0.39 is 126 Å². The van der Waals surface area contributed by atoms with E-state index in [1.54, 1.807) is 149 Å². The fourth-order valence-electron chi connectivity index (χ4n) is 16.4. The third-order valence-corrected chi connectivity index (χ3v) is 28.5. The third-order valence-electron chi connectivity index (χ3n) is 22.6. The van der Waals surface area contributed by atoms with Crippen LogP contribution >= 0.6 is 47.8 Å². The van der Waals surface area contributed by atoms with Crippen molar-refractivity contribution in [3.05, 3.63) is 257 Å². The predicted octanol–water partition coefficient (Wildman–Crippen LogP) is 12.5. The van der Waals surface area contributed by atoms with Gasteiger partial charge in [0.2, 0.25) is 0 Å². The number of carbonyl (C=O) groups is 1. The van der Waals surface area contributed by atoms with Gasteiger partial charge >= 0.3 is 40.6 Å². The number of aromatic nitrogens is 15. The summed E-state index contributed by atoms with van der Waals surface area (Å²) in [6, 6.07) is 28.4. The maximum Gasteiger partial charge on any atom is 0.417 e. The highest BCUT2D eigenvalue weighted by Crippen LogP contribution is 2.41. The van der Waals surface area contributed by atoms with Gasteiger partial charge in [-0.2, -0.15) is 13.2 Å². The number of rotatable bonds is 38. The Morgan fingerprint density at radius 1 is 0.353 bits per heavy atom. The number of hydrogen-bond acceptors (Lipinski definition) is 32. The van der Waals surface area contributed by atoms with Crippen LogP contribution in [0.2, 0.25) is 0 Å². The number of fused-ring (bicyclic) bond motifs is 5. The molecule has 0 radical (unpaired) electrons. The van der Waals surface area contributed by atoms with E-state index in [-0.39, 0.29) is 58.7 Å². The van der Waals surface area contributed by atoms with Crippen molar-refractivity contribution in [2.45, 2.75) is 91.4 Å². The lowest BCUT2D eigenvalue weighted by Crippen LogP contribution is -2.33. The van der Waals surface area contributed by atoms with Gasteiger partial charge < -0.3 is 67.1 Å². The lowest BCUT2D eigenvalue weighted by Gasteiger charge is -2.20. The van der Waals surface area contributed by atoms with E-state index in [9.17, 15) is 84.0 Å². The second-order valence-electron chi connectivity index (χ2n) is 33.9. The zero-order valence-corrected chi connectivity index (χ0v) is 93.3. The third kappa shape index (κ3) is 29.1. The zero-order chi connectivity index (χ0) is 110. The molecule has 0 saturated carbocycles. The number of hydrogen-bond donors (Lipinski definition) is 3. The highest BCUT2D eigenvalue weighted by atomic mass is 79.9. The molecule has 42 nitrogen and oxygen atoms in total. The first kappa shape index (κ1) is 117. The minimum Gasteiger partial charge on any atom is -0.493 e. The number of carbonyl (C=O) groups excluding carboxylic acids is 1. The Balaban J connectivity index is 0.000000178. The second-order valence-corrected chi connectivity index (χ2v) is 47.6. The van der Waals surface area contributed by atoms with Gasteiger partial charge in [0.15, 0.2) is 85.7 Å². The fourth-order valence-corrected chi connectivity index (χ4v) is 22.0. The average Bonchev–Trinajstić information content (AvgIpc) is 1.59. The van der Waals surface area contributed by atoms with Crippen LogP contribution in [0, 0.1) is 6.92 Å². The van der Waals surface area contributed by atoms with Crippen LogP contribution in [0.1, 0.15) is 111 Å². The number of benzene rings is 5. The number of esters is 1. The van der Waals surface area contributed by atoms with Crippen molar-refractivity contribution >= 4 is 159 Å². The Morgan fingerprint density at radius 2 is 0.627 bits per heavy atom. The average molecular weight is 2380 g/mol. The number of aromatic amines is 3. The monoisotopic (exact) mass is 2370 g/mol. The van der Waals surface area contributed by atoms with Gasteiger partial charge in [-0.25, -0.2) is 91.0 Å². The van der Waals surface area contributed by atoms with Gasteiger partial charge in [-0.3, -0.25) is 36.8 Å². The van der Waals surface area contributed by atoms with Crippen LogP contribution in [0.4, 0.5) is 13.2 Å². The molecule has 0 fully saturated rings. The molecule has 150 heavy (non-hydrogen) atoms. The molecule has 15 rings (SSSR count). The number of pyridine rings is 5. The molecule has 0 aliphatic carbocycles. The minimum atomic E-state index is -4.64. The molecule has 0 saturated heterocycles. The Morgan fingerprint density at radius 3 is 0.933 bits per heavy atom. The normalized spacial score (nSPS) is 12.9. The number of ether oxygens (including phenoxy) is 11. The van der Waals surface area contributed by atoms with E-state index in [4.69, 9.17) is 52.1 Å². The van der Waals surface area contributed by atoms with Crippen LogP contribution in [-0.4, -0.2) is 255 Å². The van der Waals surface area contributed by atoms with Gasteiger partial charge in [-0.05, 0) is 221 Å². The quantitative estimate of drug-likeness (QED) is 0.0303. The van der Waals surface area contributed by atoms with Crippen molar-refractivity contribution in [2.24, 2.45) is 7.05 Å². The Kier molecular flexibility index (Phi) is 38.7. The van der Waals surface area contributed by atoms with Crippen LogP contribution < -0.4 is 75.8 Å². The van der Waals surface area contributed by atoms with E-state index >= 15 is 0 Å². The summed E-state index contributed by atoms with van der Waals surface area (Å²) in [5.74, 6) is 2.42. The Labute approximate surface area is 884 Å². The number of sulfone groups is 5. The van der Waals surface area contributed by atoms with Crippen molar-refractivity contribution in [3.8, 4) is 57.5 Å². The molecule has 0 spiro atoms. The first-order chi connectivity index (χ1) is 70.6. The summed E-state index contributed by atoms with van der Waals surface area (Å²) in [7, 11) is -8.24. The molecular formula is C97H111Br3F3N15O27S5. The summed E-state index contributed by atoms with van der Waals surface area (Å²) < 4.78 is 232. The molecule has 0 aliphatic rings. The topological polar surface area (TPSA) is 521 Å². The minimum absolute atomic E-state index is 0.0968. The summed E-state index contributed by atoms with van der Waals surface area (Å²) in [5, 5.41) is 0. The van der Waals surface area contributed by atoms with E-state index in [0.717, 1.165) is 51.9 Å². The second kappa shape index (κ2) is 49.6. The van der Waals surface area contributed by atoms with Gasteiger partial charge in [0.1, 0.15) is 55.7 Å². The predicted molar refractivity (Wildman–Crippen MR) is 570 cm³/mol. The number of H-pyrrole nitrogens is 3. The summed E-state index contributed by atoms with van der Waals surface area (Å²) in [6.45, 7) is 14.4. The zero-order valence-electron chi connectivity index (χ0n) is 84.5. The summed E-state index contributed by atoms with van der Waals surface area (Å²) in [6.07, 6.45) is 7.76. The van der Waals surface area contributed by atoms with E-state index in [2.05, 4.69) is 87.7 Å². The van der Waals surface area contributed by atoms with Gasteiger partial charge in [0.25, 0.3) is 0 Å². The number of alkyl halides is 3. The van der Waals surface area contributed by atoms with E-state index in [1.165, 1.54) is 75.2 Å². The van der Waals surface area contributed by atoms with Crippen LogP contribution in [0.25, 0.3) is 55.8 Å². The molecule has 0 aliphatic heterocycles. The van der Waals surface area contributed by atoms with Gasteiger partial charge in [-0.1, -0.05) is 30.3 Å². The van der Waals surface area contributed by atoms with Crippen molar-refractivity contribution in [1.29, 1.82) is 0 Å². The van der Waals surface area contributed by atoms with Gasteiger partial charge in [-0.15, -0.1) is 0 Å². The number of nitrogens with one attached hydrogen (secondary N) is 3. The van der Waals surface area contributed by atoms with Crippen LogP contribution in [-0.2, 0) is 78.5 Å². The Bertz CT molecular complexity index is 8250. The van der Waals surface area contributed by atoms with Crippen molar-refractivity contribution in [1.82, 2.24) is 71.8 Å². The number of methoxy groups -OCH3 is 5. The van der Waals surface area contributed by atoms with Gasteiger partial charge in [0.05, 0.1) is 167 Å². The molecule has 808 valence electrons. The van der Waals surface area contributed by atoms with Crippen molar-refractivity contribution < 1.29 is 112 Å². The molecule has 10 aromatic heterocycles. The molecule has 53 heteroatoms. The smallest absolute Gasteiger partial charge is 0.417 e. The van der Waals surface area contributed by atoms with Crippen LogP contribution in [0.15, 0.2) is 190 Å². The number of aryl methyl sites for hydroxylation is 2. The van der Waals surface area contributed by atoms with Crippen LogP contribution in [0.5, 0.6) is 57.5 Å².